The lowest BCUT2D eigenvalue weighted by molar-refractivity contribution is 0.0893. The zero-order valence-corrected chi connectivity index (χ0v) is 17.3. The highest BCUT2D eigenvalue weighted by atomic mass is 16.4. The number of carboxylic acid groups (broad SMARTS) is 1. The molecule has 0 radical (unpaired) electrons. The van der Waals surface area contributed by atoms with Crippen LogP contribution in [0.5, 0.6) is 0 Å². The van der Waals surface area contributed by atoms with Gasteiger partial charge in [-0.2, -0.15) is 5.10 Å². The van der Waals surface area contributed by atoms with Crippen molar-refractivity contribution >= 4 is 22.7 Å². The number of pyridine rings is 1. The van der Waals surface area contributed by atoms with Gasteiger partial charge in [0.15, 0.2) is 5.82 Å². The van der Waals surface area contributed by atoms with E-state index in [9.17, 15) is 14.7 Å². The molecule has 0 bridgehead atoms. The van der Waals surface area contributed by atoms with E-state index >= 15 is 0 Å². The minimum absolute atomic E-state index is 0.0213. The van der Waals surface area contributed by atoms with Gasteiger partial charge in [0.1, 0.15) is 11.5 Å². The van der Waals surface area contributed by atoms with Gasteiger partial charge >= 0.3 is 11.8 Å². The second-order valence-electron chi connectivity index (χ2n) is 8.79. The Morgan fingerprint density at radius 3 is 2.73 bits per heavy atom. The van der Waals surface area contributed by atoms with E-state index in [1.54, 1.807) is 4.90 Å². The summed E-state index contributed by atoms with van der Waals surface area (Å²) in [6, 6.07) is 9.49. The van der Waals surface area contributed by atoms with Crippen LogP contribution in [0.3, 0.4) is 0 Å². The first-order chi connectivity index (χ1) is 14.2. The van der Waals surface area contributed by atoms with Gasteiger partial charge in [0.05, 0.1) is 6.04 Å². The van der Waals surface area contributed by atoms with Crippen LogP contribution in [0.15, 0.2) is 35.1 Å². The lowest BCUT2D eigenvalue weighted by Crippen LogP contribution is -2.48. The van der Waals surface area contributed by atoms with Crippen LogP contribution < -0.4 is 11.0 Å². The van der Waals surface area contributed by atoms with Crippen molar-refractivity contribution in [2.24, 2.45) is 5.41 Å². The van der Waals surface area contributed by atoms with Gasteiger partial charge in [-0.25, -0.2) is 19.7 Å². The number of carbonyl (C=O) groups is 1. The topological polar surface area (TPSA) is 127 Å². The fourth-order valence-electron chi connectivity index (χ4n) is 4.28. The maximum atomic E-state index is 12.0. The number of nitrogens with one attached hydrogen (secondary N) is 3. The Morgan fingerprint density at radius 1 is 1.30 bits per heavy atom. The highest BCUT2D eigenvalue weighted by molar-refractivity contribution is 5.94. The summed E-state index contributed by atoms with van der Waals surface area (Å²) >= 11 is 0. The summed E-state index contributed by atoms with van der Waals surface area (Å²) in [4.78, 5) is 32.3. The molecule has 1 aliphatic heterocycles. The number of aromatic amines is 2. The van der Waals surface area contributed by atoms with E-state index in [0.29, 0.717) is 23.9 Å². The average molecular weight is 410 g/mol. The Bertz CT molecular complexity index is 1130. The highest BCUT2D eigenvalue weighted by Gasteiger charge is 2.42. The SMILES string of the molecule is CC(C)(C)C1CCC(CNc2nc(-c3n[nH]c(=O)[nH]3)cc3ccccc23)N1C(=O)O. The lowest BCUT2D eigenvalue weighted by Gasteiger charge is -2.36. The number of hydrogen-bond donors (Lipinski definition) is 4. The van der Waals surface area contributed by atoms with Crippen molar-refractivity contribution < 1.29 is 9.90 Å². The molecule has 1 aromatic carbocycles. The Labute approximate surface area is 173 Å². The van der Waals surface area contributed by atoms with Crippen molar-refractivity contribution in [2.45, 2.75) is 45.7 Å². The van der Waals surface area contributed by atoms with Crippen LogP contribution in [0.2, 0.25) is 0 Å². The van der Waals surface area contributed by atoms with Crippen molar-refractivity contribution in [3.05, 3.63) is 40.8 Å². The van der Waals surface area contributed by atoms with E-state index < -0.39 is 11.8 Å². The molecule has 9 heteroatoms. The first-order valence-electron chi connectivity index (χ1n) is 10.0. The molecule has 3 aromatic rings. The number of anilines is 1. The van der Waals surface area contributed by atoms with E-state index in [0.717, 1.165) is 23.6 Å². The molecule has 0 saturated carbocycles. The molecule has 1 fully saturated rings. The van der Waals surface area contributed by atoms with Crippen LogP contribution in [-0.2, 0) is 0 Å². The van der Waals surface area contributed by atoms with Crippen LogP contribution in [0.25, 0.3) is 22.3 Å². The number of nitrogens with zero attached hydrogens (tertiary/aromatic N) is 3. The lowest BCUT2D eigenvalue weighted by atomic mass is 9.85. The van der Waals surface area contributed by atoms with Crippen LogP contribution in [0, 0.1) is 5.41 Å². The van der Waals surface area contributed by atoms with Gasteiger partial charge in [-0.1, -0.05) is 45.0 Å². The smallest absolute Gasteiger partial charge is 0.407 e. The number of benzene rings is 1. The van der Waals surface area contributed by atoms with Gasteiger partial charge in [-0.3, -0.25) is 4.98 Å². The molecule has 0 spiro atoms. The second-order valence-corrected chi connectivity index (χ2v) is 8.79. The quantitative estimate of drug-likeness (QED) is 0.523. The largest absolute Gasteiger partial charge is 0.465 e. The van der Waals surface area contributed by atoms with Crippen LogP contribution >= 0.6 is 0 Å². The van der Waals surface area contributed by atoms with Crippen molar-refractivity contribution in [1.29, 1.82) is 0 Å². The molecule has 2 aromatic heterocycles. The van der Waals surface area contributed by atoms with E-state index in [1.165, 1.54) is 0 Å². The Balaban J connectivity index is 1.64. The first kappa shape index (κ1) is 19.9. The summed E-state index contributed by atoms with van der Waals surface area (Å²) in [7, 11) is 0. The summed E-state index contributed by atoms with van der Waals surface area (Å²) in [5.74, 6) is 0.992. The number of rotatable bonds is 4. The van der Waals surface area contributed by atoms with E-state index in [4.69, 9.17) is 0 Å². The third kappa shape index (κ3) is 3.74. The van der Waals surface area contributed by atoms with Gasteiger partial charge in [-0.05, 0) is 29.7 Å². The van der Waals surface area contributed by atoms with E-state index in [-0.39, 0.29) is 17.5 Å². The first-order valence-corrected chi connectivity index (χ1v) is 10.0. The van der Waals surface area contributed by atoms with Gasteiger partial charge in [0.2, 0.25) is 0 Å². The molecule has 0 aliphatic carbocycles. The normalized spacial score (nSPS) is 19.4. The van der Waals surface area contributed by atoms with Crippen LogP contribution in [0.1, 0.15) is 33.6 Å². The second kappa shape index (κ2) is 7.47. The number of aromatic nitrogens is 4. The molecule has 1 amide bonds. The number of hydrogen-bond acceptors (Lipinski definition) is 5. The summed E-state index contributed by atoms with van der Waals surface area (Å²) in [5.41, 5.74) is 0.0125. The molecule has 2 atom stereocenters. The summed E-state index contributed by atoms with van der Waals surface area (Å²) in [6.07, 6.45) is 0.746. The number of H-pyrrole nitrogens is 2. The molecule has 9 nitrogen and oxygen atoms in total. The molecular formula is C21H26N6O3. The molecule has 3 heterocycles. The van der Waals surface area contributed by atoms with Crippen LogP contribution in [-0.4, -0.2) is 54.9 Å². The standard InChI is InChI=1S/C21H26N6O3/c1-21(2,3)16-9-8-13(27(16)20(29)30)11-22-17-14-7-5-4-6-12(14)10-15(23-17)18-24-19(28)26-25-18/h4-7,10,13,16H,8-9,11H2,1-3H3,(H,22,23)(H,29,30)(H2,24,25,26,28). The van der Waals surface area contributed by atoms with Crippen molar-refractivity contribution in [2.75, 3.05) is 11.9 Å². The zero-order chi connectivity index (χ0) is 21.5. The fraction of sp³-hybridized carbons (Fsp3) is 0.429. The molecule has 4 N–H and O–H groups in total. The van der Waals surface area contributed by atoms with E-state index in [1.807, 2.05) is 30.3 Å². The van der Waals surface area contributed by atoms with Crippen LogP contribution in [0.4, 0.5) is 10.6 Å². The molecule has 30 heavy (non-hydrogen) atoms. The fourth-order valence-corrected chi connectivity index (χ4v) is 4.28. The third-order valence-corrected chi connectivity index (χ3v) is 5.71. The Hall–Kier alpha value is -3.36. The van der Waals surface area contributed by atoms with Crippen molar-refractivity contribution in [3.63, 3.8) is 0 Å². The Kier molecular flexibility index (Phi) is 4.97. The maximum absolute atomic E-state index is 12.0. The monoisotopic (exact) mass is 410 g/mol. The zero-order valence-electron chi connectivity index (χ0n) is 17.3. The average Bonchev–Trinajstić information content (AvgIpc) is 3.32. The van der Waals surface area contributed by atoms with Gasteiger partial charge in [0.25, 0.3) is 0 Å². The predicted octanol–water partition coefficient (Wildman–Crippen LogP) is 3.28. The predicted molar refractivity (Wildman–Crippen MR) is 115 cm³/mol. The molecule has 2 unspecified atom stereocenters. The molecule has 1 saturated heterocycles. The summed E-state index contributed by atoms with van der Waals surface area (Å²) in [6.45, 7) is 6.68. The van der Waals surface area contributed by atoms with Gasteiger partial charge < -0.3 is 15.3 Å². The molecule has 4 rings (SSSR count). The third-order valence-electron chi connectivity index (χ3n) is 5.71. The van der Waals surface area contributed by atoms with Gasteiger partial charge in [-0.15, -0.1) is 0 Å². The molecular weight excluding hydrogens is 384 g/mol. The minimum atomic E-state index is -0.889. The number of amides is 1. The minimum Gasteiger partial charge on any atom is -0.465 e. The highest BCUT2D eigenvalue weighted by Crippen LogP contribution is 2.36. The van der Waals surface area contributed by atoms with Crippen molar-refractivity contribution in [1.82, 2.24) is 25.1 Å². The molecule has 1 aliphatic rings. The molecule has 158 valence electrons. The van der Waals surface area contributed by atoms with Crippen molar-refractivity contribution in [3.8, 4) is 11.5 Å². The van der Waals surface area contributed by atoms with E-state index in [2.05, 4.69) is 46.3 Å². The summed E-state index contributed by atoms with van der Waals surface area (Å²) in [5, 5.41) is 21.4. The number of likely N-dealkylation sites (tertiary alicyclic amines) is 1. The maximum Gasteiger partial charge on any atom is 0.407 e. The number of fused-ring (bicyclic) bond motifs is 1. The summed E-state index contributed by atoms with van der Waals surface area (Å²) < 4.78 is 0. The van der Waals surface area contributed by atoms with Gasteiger partial charge in [0, 0.05) is 18.0 Å². The Morgan fingerprint density at radius 2 is 2.07 bits per heavy atom.